The summed E-state index contributed by atoms with van der Waals surface area (Å²) in [7, 11) is 0. The van der Waals surface area contributed by atoms with Gasteiger partial charge in [0.15, 0.2) is 0 Å². The Morgan fingerprint density at radius 2 is 2.31 bits per heavy atom. The summed E-state index contributed by atoms with van der Waals surface area (Å²) < 4.78 is 5.46. The van der Waals surface area contributed by atoms with Crippen molar-refractivity contribution in [1.29, 1.82) is 0 Å². The van der Waals surface area contributed by atoms with Gasteiger partial charge in [0.05, 0.1) is 12.7 Å². The predicted octanol–water partition coefficient (Wildman–Crippen LogP) is -0.768. The van der Waals surface area contributed by atoms with E-state index in [2.05, 4.69) is 16.0 Å². The maximum atomic E-state index is 12.0. The third kappa shape index (κ3) is 2.93. The number of carbonyl (C=O) groups excluding carboxylic acids is 1. The fourth-order valence-corrected chi connectivity index (χ4v) is 2.29. The lowest BCUT2D eigenvalue weighted by Gasteiger charge is -2.32. The van der Waals surface area contributed by atoms with Gasteiger partial charge in [-0.25, -0.2) is 0 Å². The van der Waals surface area contributed by atoms with Gasteiger partial charge in [0.1, 0.15) is 6.04 Å². The van der Waals surface area contributed by atoms with Crippen molar-refractivity contribution in [1.82, 2.24) is 16.0 Å². The number of hydrogen-bond acceptors (Lipinski definition) is 4. The van der Waals surface area contributed by atoms with Crippen LogP contribution in [0.5, 0.6) is 0 Å². The predicted molar refractivity (Wildman–Crippen MR) is 61.2 cm³/mol. The van der Waals surface area contributed by atoms with Gasteiger partial charge in [-0.15, -0.1) is 0 Å². The molecule has 2 aliphatic heterocycles. The largest absolute Gasteiger partial charge is 0.375 e. The monoisotopic (exact) mass is 227 g/mol. The highest BCUT2D eigenvalue weighted by molar-refractivity contribution is 5.82. The number of carbonyl (C=O) groups is 1. The minimum atomic E-state index is -0.198. The molecule has 0 aromatic heterocycles. The molecule has 2 heterocycles. The van der Waals surface area contributed by atoms with Gasteiger partial charge in [0.25, 0.3) is 0 Å². The highest BCUT2D eigenvalue weighted by atomic mass is 16.5. The zero-order chi connectivity index (χ0) is 11.4. The molecular weight excluding hydrogens is 206 g/mol. The van der Waals surface area contributed by atoms with Crippen LogP contribution in [0.25, 0.3) is 0 Å². The van der Waals surface area contributed by atoms with Crippen LogP contribution < -0.4 is 16.0 Å². The summed E-state index contributed by atoms with van der Waals surface area (Å²) in [4.78, 5) is 12.0. The van der Waals surface area contributed by atoms with E-state index in [1.54, 1.807) is 0 Å². The van der Waals surface area contributed by atoms with Gasteiger partial charge in [-0.2, -0.15) is 0 Å². The SMILES string of the molecule is C[C@H]1OCCN[C@@H]1C(=O)NC1CCCNC1. The highest BCUT2D eigenvalue weighted by Crippen LogP contribution is 2.06. The zero-order valence-corrected chi connectivity index (χ0v) is 9.79. The van der Waals surface area contributed by atoms with Crippen molar-refractivity contribution in [3.8, 4) is 0 Å². The van der Waals surface area contributed by atoms with E-state index in [9.17, 15) is 4.79 Å². The number of piperidine rings is 1. The summed E-state index contributed by atoms with van der Waals surface area (Å²) in [5.74, 6) is 0.0703. The summed E-state index contributed by atoms with van der Waals surface area (Å²) >= 11 is 0. The summed E-state index contributed by atoms with van der Waals surface area (Å²) in [6.45, 7) is 5.33. The second-order valence-electron chi connectivity index (χ2n) is 4.56. The lowest BCUT2D eigenvalue weighted by molar-refractivity contribution is -0.129. The fourth-order valence-electron chi connectivity index (χ4n) is 2.29. The van der Waals surface area contributed by atoms with Gasteiger partial charge in [0, 0.05) is 19.1 Å². The van der Waals surface area contributed by atoms with Crippen LogP contribution in [0.15, 0.2) is 0 Å². The van der Waals surface area contributed by atoms with Gasteiger partial charge in [-0.3, -0.25) is 4.79 Å². The maximum absolute atomic E-state index is 12.0. The molecule has 2 rings (SSSR count). The van der Waals surface area contributed by atoms with Crippen LogP contribution in [0, 0.1) is 0 Å². The summed E-state index contributed by atoms with van der Waals surface area (Å²) in [5, 5.41) is 9.56. The van der Waals surface area contributed by atoms with Crippen molar-refractivity contribution < 1.29 is 9.53 Å². The van der Waals surface area contributed by atoms with E-state index in [1.807, 2.05) is 6.92 Å². The summed E-state index contributed by atoms with van der Waals surface area (Å²) in [5.41, 5.74) is 0. The molecule has 0 bridgehead atoms. The molecule has 0 aliphatic carbocycles. The van der Waals surface area contributed by atoms with E-state index in [-0.39, 0.29) is 24.1 Å². The van der Waals surface area contributed by atoms with Crippen molar-refractivity contribution in [2.45, 2.75) is 38.0 Å². The number of amides is 1. The van der Waals surface area contributed by atoms with E-state index in [0.717, 1.165) is 32.5 Å². The molecule has 0 radical (unpaired) electrons. The number of hydrogen-bond donors (Lipinski definition) is 3. The summed E-state index contributed by atoms with van der Waals surface area (Å²) in [6.07, 6.45) is 2.17. The number of nitrogens with one attached hydrogen (secondary N) is 3. The molecule has 5 heteroatoms. The molecule has 0 spiro atoms. The first kappa shape index (κ1) is 11.8. The lowest BCUT2D eigenvalue weighted by atomic mass is 10.1. The molecule has 92 valence electrons. The van der Waals surface area contributed by atoms with Gasteiger partial charge >= 0.3 is 0 Å². The van der Waals surface area contributed by atoms with Gasteiger partial charge < -0.3 is 20.7 Å². The Bertz CT molecular complexity index is 241. The molecule has 0 aromatic carbocycles. The van der Waals surface area contributed by atoms with Crippen molar-refractivity contribution in [2.75, 3.05) is 26.2 Å². The molecule has 3 N–H and O–H groups in total. The van der Waals surface area contributed by atoms with Crippen LogP contribution in [-0.4, -0.2) is 50.3 Å². The topological polar surface area (TPSA) is 62.4 Å². The minimum absolute atomic E-state index is 0.0368. The zero-order valence-electron chi connectivity index (χ0n) is 9.79. The first-order chi connectivity index (χ1) is 7.77. The molecule has 0 saturated carbocycles. The summed E-state index contributed by atoms with van der Waals surface area (Å²) in [6, 6.07) is 0.0767. The first-order valence-electron chi connectivity index (χ1n) is 6.13. The average molecular weight is 227 g/mol. The molecule has 3 atom stereocenters. The van der Waals surface area contributed by atoms with E-state index in [0.29, 0.717) is 6.61 Å². The Kier molecular flexibility index (Phi) is 4.15. The normalized spacial score (nSPS) is 35.7. The fraction of sp³-hybridized carbons (Fsp3) is 0.909. The van der Waals surface area contributed by atoms with Crippen LogP contribution in [-0.2, 0) is 9.53 Å². The van der Waals surface area contributed by atoms with E-state index < -0.39 is 0 Å². The maximum Gasteiger partial charge on any atom is 0.240 e. The lowest BCUT2D eigenvalue weighted by Crippen LogP contribution is -2.58. The average Bonchev–Trinajstić information content (AvgIpc) is 2.31. The van der Waals surface area contributed by atoms with Crippen LogP contribution in [0.3, 0.4) is 0 Å². The quantitative estimate of drug-likeness (QED) is 0.580. The third-order valence-corrected chi connectivity index (χ3v) is 3.24. The molecule has 1 unspecified atom stereocenters. The molecule has 2 saturated heterocycles. The molecule has 16 heavy (non-hydrogen) atoms. The van der Waals surface area contributed by atoms with Crippen LogP contribution in [0.4, 0.5) is 0 Å². The Labute approximate surface area is 96.3 Å². The molecule has 0 aromatic rings. The molecule has 2 aliphatic rings. The Morgan fingerprint density at radius 1 is 1.44 bits per heavy atom. The molecular formula is C11H21N3O2. The van der Waals surface area contributed by atoms with Crippen LogP contribution in [0.1, 0.15) is 19.8 Å². The third-order valence-electron chi connectivity index (χ3n) is 3.24. The van der Waals surface area contributed by atoms with Gasteiger partial charge in [-0.1, -0.05) is 0 Å². The van der Waals surface area contributed by atoms with E-state index >= 15 is 0 Å². The number of rotatable bonds is 2. The number of morpholine rings is 1. The highest BCUT2D eigenvalue weighted by Gasteiger charge is 2.29. The van der Waals surface area contributed by atoms with E-state index in [4.69, 9.17) is 4.74 Å². The van der Waals surface area contributed by atoms with Crippen LogP contribution >= 0.6 is 0 Å². The molecule has 5 nitrogen and oxygen atoms in total. The standard InChI is InChI=1S/C11H21N3O2/c1-8-10(13-5-6-16-8)11(15)14-9-3-2-4-12-7-9/h8-10,12-13H,2-7H2,1H3,(H,14,15)/t8-,9?,10+/m1/s1. The van der Waals surface area contributed by atoms with Gasteiger partial charge in [-0.05, 0) is 26.3 Å². The number of ether oxygens (including phenoxy) is 1. The smallest absolute Gasteiger partial charge is 0.240 e. The minimum Gasteiger partial charge on any atom is -0.375 e. The molecule has 1 amide bonds. The second kappa shape index (κ2) is 5.61. The molecule has 2 fully saturated rings. The van der Waals surface area contributed by atoms with Crippen molar-refractivity contribution >= 4 is 5.91 Å². The van der Waals surface area contributed by atoms with E-state index in [1.165, 1.54) is 0 Å². The Hall–Kier alpha value is -0.650. The Morgan fingerprint density at radius 3 is 3.00 bits per heavy atom. The van der Waals surface area contributed by atoms with Crippen molar-refractivity contribution in [3.05, 3.63) is 0 Å². The Balaban J connectivity index is 1.81. The van der Waals surface area contributed by atoms with Crippen molar-refractivity contribution in [3.63, 3.8) is 0 Å². The van der Waals surface area contributed by atoms with Gasteiger partial charge in [0.2, 0.25) is 5.91 Å². The van der Waals surface area contributed by atoms with Crippen LogP contribution in [0.2, 0.25) is 0 Å². The second-order valence-corrected chi connectivity index (χ2v) is 4.56. The first-order valence-corrected chi connectivity index (χ1v) is 6.13. The van der Waals surface area contributed by atoms with Crippen molar-refractivity contribution in [2.24, 2.45) is 0 Å².